The SMILES string of the molecule is CCc1cc[nH]c1CCCC=O. The molecule has 0 unspecified atom stereocenters. The second-order valence-corrected chi connectivity index (χ2v) is 2.89. The van der Waals surface area contributed by atoms with Gasteiger partial charge >= 0.3 is 0 Å². The maximum Gasteiger partial charge on any atom is 0.120 e. The Morgan fingerprint density at radius 2 is 2.42 bits per heavy atom. The summed E-state index contributed by atoms with van der Waals surface area (Å²) < 4.78 is 0. The minimum absolute atomic E-state index is 0.669. The molecule has 0 aromatic carbocycles. The van der Waals surface area contributed by atoms with Crippen molar-refractivity contribution in [3.63, 3.8) is 0 Å². The van der Waals surface area contributed by atoms with Gasteiger partial charge in [-0.3, -0.25) is 0 Å². The van der Waals surface area contributed by atoms with Gasteiger partial charge in [0.1, 0.15) is 6.29 Å². The van der Waals surface area contributed by atoms with Gasteiger partial charge in [-0.25, -0.2) is 0 Å². The number of aromatic nitrogens is 1. The minimum atomic E-state index is 0.669. The number of unbranched alkanes of at least 4 members (excludes halogenated alkanes) is 1. The summed E-state index contributed by atoms with van der Waals surface area (Å²) in [4.78, 5) is 13.3. The lowest BCUT2D eigenvalue weighted by atomic mass is 10.1. The van der Waals surface area contributed by atoms with E-state index in [1.54, 1.807) is 0 Å². The molecule has 2 nitrogen and oxygen atoms in total. The number of aromatic amines is 1. The smallest absolute Gasteiger partial charge is 0.120 e. The van der Waals surface area contributed by atoms with Crippen LogP contribution in [0.4, 0.5) is 0 Å². The van der Waals surface area contributed by atoms with Crippen LogP contribution in [0.5, 0.6) is 0 Å². The molecule has 0 spiro atoms. The maximum absolute atomic E-state index is 10.1. The van der Waals surface area contributed by atoms with Crippen LogP contribution in [-0.2, 0) is 17.6 Å². The quantitative estimate of drug-likeness (QED) is 0.526. The van der Waals surface area contributed by atoms with E-state index < -0.39 is 0 Å². The van der Waals surface area contributed by atoms with Gasteiger partial charge in [-0.15, -0.1) is 0 Å². The number of nitrogens with one attached hydrogen (secondary N) is 1. The first kappa shape index (κ1) is 9.04. The van der Waals surface area contributed by atoms with Gasteiger partial charge in [0.25, 0.3) is 0 Å². The number of aryl methyl sites for hydroxylation is 2. The van der Waals surface area contributed by atoms with E-state index in [4.69, 9.17) is 0 Å². The Hall–Kier alpha value is -1.05. The van der Waals surface area contributed by atoms with E-state index in [1.165, 1.54) is 11.3 Å². The summed E-state index contributed by atoms with van der Waals surface area (Å²) in [5, 5.41) is 0. The van der Waals surface area contributed by atoms with Crippen molar-refractivity contribution in [2.45, 2.75) is 32.6 Å². The van der Waals surface area contributed by atoms with Crippen molar-refractivity contribution >= 4 is 6.29 Å². The molecule has 0 fully saturated rings. The van der Waals surface area contributed by atoms with E-state index in [9.17, 15) is 4.79 Å². The second kappa shape index (κ2) is 4.75. The molecule has 1 aromatic heterocycles. The molecule has 1 N–H and O–H groups in total. The number of aldehydes is 1. The molecule has 0 aliphatic heterocycles. The van der Waals surface area contributed by atoms with Gasteiger partial charge in [0.15, 0.2) is 0 Å². The van der Waals surface area contributed by atoms with Gasteiger partial charge in [0.05, 0.1) is 0 Å². The van der Waals surface area contributed by atoms with Crippen molar-refractivity contribution in [2.75, 3.05) is 0 Å². The van der Waals surface area contributed by atoms with E-state index >= 15 is 0 Å². The zero-order chi connectivity index (χ0) is 8.81. The molecule has 1 heterocycles. The summed E-state index contributed by atoms with van der Waals surface area (Å²) >= 11 is 0. The molecule has 0 atom stereocenters. The second-order valence-electron chi connectivity index (χ2n) is 2.89. The first-order chi connectivity index (χ1) is 5.88. The number of carbonyl (C=O) groups excluding carboxylic acids is 1. The van der Waals surface area contributed by atoms with Crippen molar-refractivity contribution in [3.05, 3.63) is 23.5 Å². The molecular formula is C10H15NO. The Morgan fingerprint density at radius 3 is 3.08 bits per heavy atom. The highest BCUT2D eigenvalue weighted by Gasteiger charge is 1.99. The Morgan fingerprint density at radius 1 is 1.58 bits per heavy atom. The molecule has 1 aromatic rings. The molecule has 66 valence electrons. The van der Waals surface area contributed by atoms with Crippen molar-refractivity contribution < 1.29 is 4.79 Å². The lowest BCUT2D eigenvalue weighted by molar-refractivity contribution is -0.107. The van der Waals surface area contributed by atoms with Gasteiger partial charge < -0.3 is 9.78 Å². The Bertz CT molecular complexity index is 240. The number of hydrogen-bond acceptors (Lipinski definition) is 1. The third kappa shape index (κ3) is 2.22. The van der Waals surface area contributed by atoms with Gasteiger partial charge in [-0.05, 0) is 30.9 Å². The standard InChI is InChI=1S/C10H15NO/c1-2-9-6-7-11-10(9)5-3-4-8-12/h6-8,11H,2-5H2,1H3. The third-order valence-electron chi connectivity index (χ3n) is 2.06. The number of rotatable bonds is 5. The van der Waals surface area contributed by atoms with Crippen LogP contribution < -0.4 is 0 Å². The molecule has 0 aliphatic rings. The molecule has 0 amide bonds. The molecule has 0 aliphatic carbocycles. The predicted octanol–water partition coefficient (Wildman–Crippen LogP) is 2.10. The monoisotopic (exact) mass is 165 g/mol. The summed E-state index contributed by atoms with van der Waals surface area (Å²) in [5.41, 5.74) is 2.67. The zero-order valence-corrected chi connectivity index (χ0v) is 7.47. The fourth-order valence-electron chi connectivity index (χ4n) is 1.36. The largest absolute Gasteiger partial charge is 0.365 e. The highest BCUT2D eigenvalue weighted by molar-refractivity contribution is 5.49. The topological polar surface area (TPSA) is 32.9 Å². The lowest BCUT2D eigenvalue weighted by Gasteiger charge is -1.98. The number of H-pyrrole nitrogens is 1. The van der Waals surface area contributed by atoms with E-state index in [2.05, 4.69) is 18.0 Å². The zero-order valence-electron chi connectivity index (χ0n) is 7.47. The summed E-state index contributed by atoms with van der Waals surface area (Å²) in [6.45, 7) is 2.15. The maximum atomic E-state index is 10.1. The average Bonchev–Trinajstić information content (AvgIpc) is 2.52. The third-order valence-corrected chi connectivity index (χ3v) is 2.06. The van der Waals surface area contributed by atoms with Gasteiger partial charge in [-0.1, -0.05) is 6.92 Å². The van der Waals surface area contributed by atoms with Crippen LogP contribution in [0, 0.1) is 0 Å². The molecule has 0 saturated carbocycles. The van der Waals surface area contributed by atoms with E-state index in [-0.39, 0.29) is 0 Å². The van der Waals surface area contributed by atoms with Crippen LogP contribution in [-0.4, -0.2) is 11.3 Å². The van der Waals surface area contributed by atoms with Crippen molar-refractivity contribution in [3.8, 4) is 0 Å². The normalized spacial score (nSPS) is 10.1. The van der Waals surface area contributed by atoms with Crippen LogP contribution >= 0.6 is 0 Å². The molecule has 1 rings (SSSR count). The lowest BCUT2D eigenvalue weighted by Crippen LogP contribution is -1.91. The van der Waals surface area contributed by atoms with Crippen LogP contribution in [0.2, 0.25) is 0 Å². The number of hydrogen-bond donors (Lipinski definition) is 1. The van der Waals surface area contributed by atoms with Crippen molar-refractivity contribution in [1.82, 2.24) is 4.98 Å². The Balaban J connectivity index is 2.44. The summed E-state index contributed by atoms with van der Waals surface area (Å²) in [7, 11) is 0. The Kier molecular flexibility index (Phi) is 3.58. The molecule has 0 radical (unpaired) electrons. The van der Waals surface area contributed by atoms with Crippen LogP contribution in [0.25, 0.3) is 0 Å². The summed E-state index contributed by atoms with van der Waals surface area (Å²) in [6, 6.07) is 2.11. The van der Waals surface area contributed by atoms with Crippen LogP contribution in [0.1, 0.15) is 31.0 Å². The first-order valence-corrected chi connectivity index (χ1v) is 4.47. The number of carbonyl (C=O) groups is 1. The molecule has 0 bridgehead atoms. The van der Waals surface area contributed by atoms with Gasteiger partial charge in [0.2, 0.25) is 0 Å². The first-order valence-electron chi connectivity index (χ1n) is 4.47. The summed E-state index contributed by atoms with van der Waals surface area (Å²) in [6.07, 6.45) is 6.64. The minimum Gasteiger partial charge on any atom is -0.365 e. The molecule has 0 saturated heterocycles. The van der Waals surface area contributed by atoms with E-state index in [1.807, 2.05) is 6.20 Å². The fraction of sp³-hybridized carbons (Fsp3) is 0.500. The van der Waals surface area contributed by atoms with Gasteiger partial charge in [0, 0.05) is 18.3 Å². The highest BCUT2D eigenvalue weighted by Crippen LogP contribution is 2.09. The van der Waals surface area contributed by atoms with Crippen molar-refractivity contribution in [2.24, 2.45) is 0 Å². The average molecular weight is 165 g/mol. The fourth-order valence-corrected chi connectivity index (χ4v) is 1.36. The van der Waals surface area contributed by atoms with E-state index in [0.29, 0.717) is 6.42 Å². The van der Waals surface area contributed by atoms with Gasteiger partial charge in [-0.2, -0.15) is 0 Å². The van der Waals surface area contributed by atoms with Crippen molar-refractivity contribution in [1.29, 1.82) is 0 Å². The summed E-state index contributed by atoms with van der Waals surface area (Å²) in [5.74, 6) is 0. The highest BCUT2D eigenvalue weighted by atomic mass is 16.1. The Labute approximate surface area is 73.0 Å². The molecule has 12 heavy (non-hydrogen) atoms. The predicted molar refractivity (Wildman–Crippen MR) is 49.2 cm³/mol. The van der Waals surface area contributed by atoms with Crippen LogP contribution in [0.3, 0.4) is 0 Å². The van der Waals surface area contributed by atoms with E-state index in [0.717, 1.165) is 25.5 Å². The van der Waals surface area contributed by atoms with Crippen LogP contribution in [0.15, 0.2) is 12.3 Å². The molecular weight excluding hydrogens is 150 g/mol. The molecule has 2 heteroatoms.